The first-order valence-corrected chi connectivity index (χ1v) is 6.53. The number of rotatable bonds is 4. The van der Waals surface area contributed by atoms with Crippen LogP contribution in [0, 0.1) is 13.8 Å². The molecule has 0 atom stereocenters. The summed E-state index contributed by atoms with van der Waals surface area (Å²) in [5.74, 6) is -0.168. The smallest absolute Gasteiger partial charge is 0.252 e. The zero-order chi connectivity index (χ0) is 15.6. The van der Waals surface area contributed by atoms with Gasteiger partial charge in [0.15, 0.2) is 0 Å². The van der Waals surface area contributed by atoms with Gasteiger partial charge < -0.3 is 16.2 Å². The summed E-state index contributed by atoms with van der Waals surface area (Å²) in [7, 11) is 0. The number of primary amides is 1. The Morgan fingerprint density at radius 3 is 2.48 bits per heavy atom. The van der Waals surface area contributed by atoms with E-state index in [1.165, 1.54) is 0 Å². The second-order valence-electron chi connectivity index (χ2n) is 4.42. The first-order valence-electron chi connectivity index (χ1n) is 6.12. The Balaban J connectivity index is 2.53. The minimum absolute atomic E-state index is 0.150. The number of amides is 1. The van der Waals surface area contributed by atoms with Crippen molar-refractivity contribution in [3.05, 3.63) is 46.6 Å². The van der Waals surface area contributed by atoms with E-state index in [4.69, 9.17) is 28.4 Å². The number of nitrogens with two attached hydrogens (primary N) is 2. The van der Waals surface area contributed by atoms with Gasteiger partial charge in [0.25, 0.3) is 5.91 Å². The summed E-state index contributed by atoms with van der Waals surface area (Å²) in [4.78, 5) is 11.6. The largest absolute Gasteiger partial charge is 0.436 e. The predicted molar refractivity (Wildman–Crippen MR) is 82.4 cm³/mol. The Labute approximate surface area is 127 Å². The molecule has 0 aliphatic rings. The third-order valence-electron chi connectivity index (χ3n) is 3.03. The molecule has 4 N–H and O–H groups in total. The van der Waals surface area contributed by atoms with Crippen molar-refractivity contribution in [1.29, 1.82) is 0 Å². The highest BCUT2D eigenvalue weighted by Crippen LogP contribution is 2.28. The quantitative estimate of drug-likeness (QED) is 0.832. The van der Waals surface area contributed by atoms with Crippen LogP contribution in [0.5, 0.6) is 11.6 Å². The first-order chi connectivity index (χ1) is 9.91. The molecular weight excluding hydrogens is 288 g/mol. The lowest BCUT2D eigenvalue weighted by Crippen LogP contribution is -2.16. The van der Waals surface area contributed by atoms with Crippen molar-refractivity contribution in [3.8, 4) is 11.6 Å². The summed E-state index contributed by atoms with van der Waals surface area (Å²) < 4.78 is 5.66. The van der Waals surface area contributed by atoms with Gasteiger partial charge in [0.2, 0.25) is 5.88 Å². The van der Waals surface area contributed by atoms with E-state index in [1.807, 2.05) is 6.92 Å². The average molecular weight is 302 g/mol. The van der Waals surface area contributed by atoms with Gasteiger partial charge in [-0.3, -0.25) is 4.79 Å². The number of thiocarbonyl (C=S) groups is 1. The lowest BCUT2D eigenvalue weighted by atomic mass is 10.1. The fourth-order valence-electron chi connectivity index (χ4n) is 1.81. The number of para-hydroxylation sites is 1. The van der Waals surface area contributed by atoms with Crippen molar-refractivity contribution < 1.29 is 9.53 Å². The Hall–Kier alpha value is -2.54. The maximum Gasteiger partial charge on any atom is 0.252 e. The van der Waals surface area contributed by atoms with Gasteiger partial charge in [0.1, 0.15) is 10.7 Å². The Morgan fingerprint density at radius 2 is 1.86 bits per heavy atom. The van der Waals surface area contributed by atoms with Crippen LogP contribution in [0.15, 0.2) is 24.3 Å². The van der Waals surface area contributed by atoms with Crippen LogP contribution >= 0.6 is 12.2 Å². The van der Waals surface area contributed by atoms with E-state index in [0.717, 1.165) is 5.56 Å². The zero-order valence-electron chi connectivity index (χ0n) is 11.6. The second kappa shape index (κ2) is 5.84. The second-order valence-corrected chi connectivity index (χ2v) is 4.86. The van der Waals surface area contributed by atoms with E-state index < -0.39 is 5.91 Å². The lowest BCUT2D eigenvalue weighted by molar-refractivity contribution is 0.0998. The van der Waals surface area contributed by atoms with Crippen molar-refractivity contribution in [2.75, 3.05) is 0 Å². The fraction of sp³-hybridized carbons (Fsp3) is 0.143. The van der Waals surface area contributed by atoms with Crippen molar-refractivity contribution in [3.63, 3.8) is 0 Å². The number of ether oxygens (including phenoxy) is 1. The lowest BCUT2D eigenvalue weighted by Gasteiger charge is -2.13. The van der Waals surface area contributed by atoms with Gasteiger partial charge in [-0.1, -0.05) is 24.4 Å². The van der Waals surface area contributed by atoms with Crippen LogP contribution in [0.25, 0.3) is 0 Å². The minimum atomic E-state index is -0.598. The number of hydrogen-bond acceptors (Lipinski definition) is 5. The zero-order valence-corrected chi connectivity index (χ0v) is 12.4. The van der Waals surface area contributed by atoms with Crippen LogP contribution in [-0.4, -0.2) is 21.1 Å². The van der Waals surface area contributed by atoms with Gasteiger partial charge >= 0.3 is 0 Å². The van der Waals surface area contributed by atoms with E-state index >= 15 is 0 Å². The molecule has 1 heterocycles. The summed E-state index contributed by atoms with van der Waals surface area (Å²) in [6, 6.07) is 6.58. The molecule has 108 valence electrons. The van der Waals surface area contributed by atoms with E-state index in [1.54, 1.807) is 31.2 Å². The van der Waals surface area contributed by atoms with Gasteiger partial charge in [-0.15, -0.1) is 5.10 Å². The summed E-state index contributed by atoms with van der Waals surface area (Å²) in [6.07, 6.45) is 0. The molecule has 0 saturated heterocycles. The highest BCUT2D eigenvalue weighted by Gasteiger charge is 2.17. The number of carbonyl (C=O) groups excluding carboxylic acids is 1. The number of aromatic nitrogens is 2. The fourth-order valence-corrected chi connectivity index (χ4v) is 2.05. The molecular formula is C14H14N4O2S. The molecule has 0 spiro atoms. The topological polar surface area (TPSA) is 104 Å². The van der Waals surface area contributed by atoms with Crippen molar-refractivity contribution in [2.24, 2.45) is 11.5 Å². The van der Waals surface area contributed by atoms with Gasteiger partial charge in [0.05, 0.1) is 16.8 Å². The third kappa shape index (κ3) is 2.97. The van der Waals surface area contributed by atoms with Crippen LogP contribution in [0.2, 0.25) is 0 Å². The Morgan fingerprint density at radius 1 is 1.19 bits per heavy atom. The van der Waals surface area contributed by atoms with E-state index in [9.17, 15) is 4.79 Å². The Kier molecular flexibility index (Phi) is 4.13. The average Bonchev–Trinajstić information content (AvgIpc) is 2.43. The molecule has 0 bridgehead atoms. The first kappa shape index (κ1) is 14.9. The molecule has 0 aliphatic carbocycles. The van der Waals surface area contributed by atoms with E-state index in [0.29, 0.717) is 11.3 Å². The van der Waals surface area contributed by atoms with Crippen LogP contribution < -0.4 is 16.2 Å². The normalized spacial score (nSPS) is 10.2. The molecule has 1 aromatic carbocycles. The molecule has 0 saturated carbocycles. The third-order valence-corrected chi connectivity index (χ3v) is 3.23. The number of nitrogens with zero attached hydrogens (tertiary/aromatic N) is 2. The van der Waals surface area contributed by atoms with Crippen molar-refractivity contribution in [2.45, 2.75) is 13.8 Å². The molecule has 7 heteroatoms. The maximum absolute atomic E-state index is 11.4. The number of benzene rings is 1. The monoisotopic (exact) mass is 302 g/mol. The number of carbonyl (C=O) groups is 1. The minimum Gasteiger partial charge on any atom is -0.436 e. The molecule has 0 fully saturated rings. The van der Waals surface area contributed by atoms with Gasteiger partial charge in [-0.05, 0) is 31.5 Å². The van der Waals surface area contributed by atoms with Crippen molar-refractivity contribution in [1.82, 2.24) is 10.2 Å². The molecule has 2 aromatic rings. The maximum atomic E-state index is 11.4. The van der Waals surface area contributed by atoms with Crippen LogP contribution in [-0.2, 0) is 0 Å². The molecule has 1 aromatic heterocycles. The highest BCUT2D eigenvalue weighted by molar-refractivity contribution is 7.80. The van der Waals surface area contributed by atoms with E-state index in [-0.39, 0.29) is 22.2 Å². The van der Waals surface area contributed by atoms with Crippen LogP contribution in [0.3, 0.4) is 0 Å². The van der Waals surface area contributed by atoms with Crippen LogP contribution in [0.1, 0.15) is 27.2 Å². The predicted octanol–water partition coefficient (Wildman–Crippen LogP) is 1.62. The molecule has 0 unspecified atom stereocenters. The molecule has 1 amide bonds. The summed E-state index contributed by atoms with van der Waals surface area (Å²) in [5.41, 5.74) is 13.3. The SMILES string of the molecule is Cc1nnc(Oc2ccccc2C(N)=O)c(C(N)=S)c1C. The highest BCUT2D eigenvalue weighted by atomic mass is 32.1. The Bertz CT molecular complexity index is 731. The van der Waals surface area contributed by atoms with Crippen LogP contribution in [0.4, 0.5) is 0 Å². The summed E-state index contributed by atoms with van der Waals surface area (Å²) >= 11 is 5.04. The molecule has 2 rings (SSSR count). The van der Waals surface area contributed by atoms with E-state index in [2.05, 4.69) is 10.2 Å². The van der Waals surface area contributed by atoms with Crippen molar-refractivity contribution >= 4 is 23.1 Å². The summed E-state index contributed by atoms with van der Waals surface area (Å²) in [6.45, 7) is 3.62. The molecule has 0 radical (unpaired) electrons. The van der Waals surface area contributed by atoms with Gasteiger partial charge in [-0.2, -0.15) is 5.10 Å². The number of aryl methyl sites for hydroxylation is 1. The molecule has 0 aliphatic heterocycles. The molecule has 6 nitrogen and oxygen atoms in total. The standard InChI is InChI=1S/C14H14N4O2S/c1-7-8(2)17-18-14(11(7)13(16)21)20-10-6-4-3-5-9(10)12(15)19/h3-6H,1-2H3,(H2,15,19)(H2,16,21). The molecule has 21 heavy (non-hydrogen) atoms. The summed E-state index contributed by atoms with van der Waals surface area (Å²) in [5, 5.41) is 7.95. The number of hydrogen-bond donors (Lipinski definition) is 2. The van der Waals surface area contributed by atoms with Gasteiger partial charge in [-0.25, -0.2) is 0 Å². The van der Waals surface area contributed by atoms with Gasteiger partial charge in [0, 0.05) is 0 Å².